The number of nitrogen functional groups attached to an aromatic ring is 1. The lowest BCUT2D eigenvalue weighted by molar-refractivity contribution is -0.141. The number of rotatable bonds is 4. The topological polar surface area (TPSA) is 94.3 Å². The van der Waals surface area contributed by atoms with Gasteiger partial charge in [0.1, 0.15) is 22.2 Å². The number of hydrogen-bond acceptors (Lipinski definition) is 5. The third-order valence-electron chi connectivity index (χ3n) is 2.76. The number of aromatic nitrogens is 1. The van der Waals surface area contributed by atoms with Crippen molar-refractivity contribution < 1.29 is 26.3 Å². The number of nitrogens with two attached hydrogens (primary N) is 1. The van der Waals surface area contributed by atoms with E-state index in [1.807, 2.05) is 4.72 Å². The molecule has 0 spiro atoms. The Hall–Kier alpha value is -2.49. The van der Waals surface area contributed by atoms with Crippen LogP contribution in [-0.2, 0) is 16.2 Å². The Balaban J connectivity index is 2.42. The van der Waals surface area contributed by atoms with Crippen LogP contribution >= 0.6 is 0 Å². The number of anilines is 2. The highest BCUT2D eigenvalue weighted by Crippen LogP contribution is 2.30. The van der Waals surface area contributed by atoms with Gasteiger partial charge < -0.3 is 10.5 Å². The molecule has 0 atom stereocenters. The summed E-state index contributed by atoms with van der Waals surface area (Å²) in [6, 6.07) is 6.79. The highest BCUT2D eigenvalue weighted by Gasteiger charge is 2.33. The fourth-order valence-electron chi connectivity index (χ4n) is 1.75. The van der Waals surface area contributed by atoms with Gasteiger partial charge in [-0.1, -0.05) is 6.07 Å². The second-order valence-electron chi connectivity index (χ2n) is 4.42. The van der Waals surface area contributed by atoms with Gasteiger partial charge in [0, 0.05) is 5.69 Å². The number of ether oxygens (including phenoxy) is 1. The Bertz CT molecular complexity index is 823. The van der Waals surface area contributed by atoms with E-state index in [1.54, 1.807) is 0 Å². The van der Waals surface area contributed by atoms with Gasteiger partial charge in [-0.2, -0.15) is 13.2 Å². The Morgan fingerprint density at radius 1 is 1.22 bits per heavy atom. The van der Waals surface area contributed by atoms with E-state index in [2.05, 4.69) is 4.98 Å². The molecule has 1 aromatic heterocycles. The number of sulfonamides is 1. The third kappa shape index (κ3) is 3.83. The number of nitrogens with zero attached hydrogens (tertiary/aromatic N) is 1. The smallest absolute Gasteiger partial charge is 0.433 e. The van der Waals surface area contributed by atoms with Gasteiger partial charge in [-0.3, -0.25) is 4.72 Å². The molecule has 3 N–H and O–H groups in total. The van der Waals surface area contributed by atoms with E-state index in [0.717, 1.165) is 24.3 Å². The van der Waals surface area contributed by atoms with Crippen molar-refractivity contribution in [1.29, 1.82) is 0 Å². The van der Waals surface area contributed by atoms with E-state index in [9.17, 15) is 21.6 Å². The minimum atomic E-state index is -4.68. The van der Waals surface area contributed by atoms with Gasteiger partial charge in [0.25, 0.3) is 10.0 Å². The lowest BCUT2D eigenvalue weighted by Gasteiger charge is -2.13. The minimum Gasteiger partial charge on any atom is -0.495 e. The standard InChI is InChI=1S/C13H12F3N3O3S/c1-22-9-6-5-8(17)7-10(9)23(20,21)19-12-4-2-3-11(18-12)13(14,15)16/h2-7H,17H2,1H3,(H,18,19). The summed E-state index contributed by atoms with van der Waals surface area (Å²) < 4.78 is 69.4. The number of halogens is 3. The summed E-state index contributed by atoms with van der Waals surface area (Å²) in [4.78, 5) is 2.94. The van der Waals surface area contributed by atoms with Crippen LogP contribution < -0.4 is 15.2 Å². The van der Waals surface area contributed by atoms with Crippen LogP contribution in [-0.4, -0.2) is 20.5 Å². The largest absolute Gasteiger partial charge is 0.495 e. The monoisotopic (exact) mass is 347 g/mol. The van der Waals surface area contributed by atoms with Gasteiger partial charge in [-0.25, -0.2) is 13.4 Å². The summed E-state index contributed by atoms with van der Waals surface area (Å²) in [7, 11) is -2.97. The molecular formula is C13H12F3N3O3S. The van der Waals surface area contributed by atoms with Crippen LogP contribution in [0.2, 0.25) is 0 Å². The van der Waals surface area contributed by atoms with E-state index in [-0.39, 0.29) is 16.3 Å². The summed E-state index contributed by atoms with van der Waals surface area (Å²) >= 11 is 0. The Morgan fingerprint density at radius 3 is 2.52 bits per heavy atom. The maximum atomic E-state index is 12.6. The Morgan fingerprint density at radius 2 is 1.91 bits per heavy atom. The van der Waals surface area contributed by atoms with Crippen LogP contribution in [0.15, 0.2) is 41.3 Å². The van der Waals surface area contributed by atoms with Gasteiger partial charge in [0.05, 0.1) is 7.11 Å². The molecule has 0 unspecified atom stereocenters. The normalized spacial score (nSPS) is 12.0. The Labute approximate surface area is 130 Å². The predicted molar refractivity (Wildman–Crippen MR) is 77.5 cm³/mol. The van der Waals surface area contributed by atoms with Crippen LogP contribution in [0.5, 0.6) is 5.75 Å². The van der Waals surface area contributed by atoms with Crippen LogP contribution in [0.25, 0.3) is 0 Å². The molecule has 0 radical (unpaired) electrons. The van der Waals surface area contributed by atoms with Crippen molar-refractivity contribution in [2.75, 3.05) is 17.6 Å². The van der Waals surface area contributed by atoms with Crippen molar-refractivity contribution in [3.05, 3.63) is 42.1 Å². The van der Waals surface area contributed by atoms with Crippen LogP contribution in [0.4, 0.5) is 24.7 Å². The molecular weight excluding hydrogens is 335 g/mol. The molecule has 0 amide bonds. The third-order valence-corrected chi connectivity index (χ3v) is 4.13. The van der Waals surface area contributed by atoms with E-state index < -0.39 is 27.7 Å². The highest BCUT2D eigenvalue weighted by atomic mass is 32.2. The van der Waals surface area contributed by atoms with Crippen molar-refractivity contribution >= 4 is 21.5 Å². The van der Waals surface area contributed by atoms with Crippen molar-refractivity contribution in [3.63, 3.8) is 0 Å². The first kappa shape index (κ1) is 16.9. The minimum absolute atomic E-state index is 0.00123. The lowest BCUT2D eigenvalue weighted by atomic mass is 10.3. The molecule has 6 nitrogen and oxygen atoms in total. The van der Waals surface area contributed by atoms with Crippen LogP contribution in [0, 0.1) is 0 Å². The zero-order chi connectivity index (χ0) is 17.3. The molecule has 124 valence electrons. The van der Waals surface area contributed by atoms with Crippen molar-refractivity contribution in [2.24, 2.45) is 0 Å². The first-order valence-corrected chi connectivity index (χ1v) is 7.62. The number of methoxy groups -OCH3 is 1. The molecule has 0 bridgehead atoms. The lowest BCUT2D eigenvalue weighted by Crippen LogP contribution is -2.17. The van der Waals surface area contributed by atoms with Gasteiger partial charge in [0.15, 0.2) is 0 Å². The Kier molecular flexibility index (Phi) is 4.37. The first-order chi connectivity index (χ1) is 10.6. The number of benzene rings is 1. The number of alkyl halides is 3. The molecule has 0 aliphatic rings. The zero-order valence-corrected chi connectivity index (χ0v) is 12.6. The summed E-state index contributed by atoms with van der Waals surface area (Å²) in [5.41, 5.74) is 4.49. The maximum absolute atomic E-state index is 12.6. The molecule has 2 aromatic rings. The van der Waals surface area contributed by atoms with Gasteiger partial charge >= 0.3 is 6.18 Å². The molecule has 0 saturated carbocycles. The fraction of sp³-hybridized carbons (Fsp3) is 0.154. The van der Waals surface area contributed by atoms with Crippen molar-refractivity contribution in [1.82, 2.24) is 4.98 Å². The average Bonchev–Trinajstić information content (AvgIpc) is 2.46. The molecule has 10 heteroatoms. The molecule has 23 heavy (non-hydrogen) atoms. The van der Waals surface area contributed by atoms with Gasteiger partial charge in [0.2, 0.25) is 0 Å². The summed E-state index contributed by atoms with van der Waals surface area (Å²) in [6.07, 6.45) is -4.68. The van der Waals surface area contributed by atoms with E-state index >= 15 is 0 Å². The summed E-state index contributed by atoms with van der Waals surface area (Å²) in [5.74, 6) is -0.469. The van der Waals surface area contributed by atoms with Crippen molar-refractivity contribution in [2.45, 2.75) is 11.1 Å². The quantitative estimate of drug-likeness (QED) is 0.829. The molecule has 2 rings (SSSR count). The second kappa shape index (κ2) is 5.95. The zero-order valence-electron chi connectivity index (χ0n) is 11.8. The number of pyridine rings is 1. The van der Waals surface area contributed by atoms with E-state index in [4.69, 9.17) is 10.5 Å². The highest BCUT2D eigenvalue weighted by molar-refractivity contribution is 7.92. The molecule has 0 saturated heterocycles. The number of hydrogen-bond donors (Lipinski definition) is 2. The second-order valence-corrected chi connectivity index (χ2v) is 6.07. The maximum Gasteiger partial charge on any atom is 0.433 e. The summed E-state index contributed by atoms with van der Waals surface area (Å²) in [5, 5.41) is 0. The molecule has 1 heterocycles. The molecule has 1 aromatic carbocycles. The molecule has 0 fully saturated rings. The van der Waals surface area contributed by atoms with E-state index in [1.165, 1.54) is 19.2 Å². The summed E-state index contributed by atoms with van der Waals surface area (Å²) in [6.45, 7) is 0. The average molecular weight is 347 g/mol. The fourth-order valence-corrected chi connectivity index (χ4v) is 2.95. The predicted octanol–water partition coefficient (Wildman–Crippen LogP) is 2.49. The van der Waals surface area contributed by atoms with Crippen molar-refractivity contribution in [3.8, 4) is 5.75 Å². The molecule has 0 aliphatic heterocycles. The van der Waals surface area contributed by atoms with Crippen LogP contribution in [0.3, 0.4) is 0 Å². The van der Waals surface area contributed by atoms with Crippen LogP contribution in [0.1, 0.15) is 5.69 Å². The van der Waals surface area contributed by atoms with E-state index in [0.29, 0.717) is 0 Å². The molecule has 0 aliphatic carbocycles. The first-order valence-electron chi connectivity index (χ1n) is 6.14. The SMILES string of the molecule is COc1ccc(N)cc1S(=O)(=O)Nc1cccc(C(F)(F)F)n1. The number of nitrogens with one attached hydrogen (secondary N) is 1. The van der Waals surface area contributed by atoms with Gasteiger partial charge in [-0.15, -0.1) is 0 Å². The van der Waals surface area contributed by atoms with Gasteiger partial charge in [-0.05, 0) is 30.3 Å².